The second kappa shape index (κ2) is 4.00. The summed E-state index contributed by atoms with van der Waals surface area (Å²) in [5.74, 6) is -0.479. The van der Waals surface area contributed by atoms with Crippen molar-refractivity contribution in [2.45, 2.75) is 0 Å². The molecular formula is C14H9NO3. The van der Waals surface area contributed by atoms with Gasteiger partial charge in [0.05, 0.1) is 0 Å². The Labute approximate surface area is 103 Å². The molecule has 4 nitrogen and oxygen atoms in total. The van der Waals surface area contributed by atoms with E-state index in [1.165, 1.54) is 6.07 Å². The number of carbonyl (C=O) groups is 1. The maximum atomic E-state index is 10.9. The summed E-state index contributed by atoms with van der Waals surface area (Å²) >= 11 is 0. The first-order chi connectivity index (χ1) is 8.74. The van der Waals surface area contributed by atoms with Crippen LogP contribution in [0.4, 0.5) is 0 Å². The SMILES string of the molecule is O=C(O)c1cccc(-c2cc3ccccc3o2)n1. The van der Waals surface area contributed by atoms with Crippen molar-refractivity contribution in [2.24, 2.45) is 0 Å². The number of pyridine rings is 1. The Morgan fingerprint density at radius 1 is 1.11 bits per heavy atom. The van der Waals surface area contributed by atoms with Crippen LogP contribution in [0.2, 0.25) is 0 Å². The van der Waals surface area contributed by atoms with Crippen molar-refractivity contribution in [1.29, 1.82) is 0 Å². The molecule has 0 saturated heterocycles. The van der Waals surface area contributed by atoms with E-state index in [0.717, 1.165) is 11.0 Å². The summed E-state index contributed by atoms with van der Waals surface area (Å²) in [6.45, 7) is 0. The summed E-state index contributed by atoms with van der Waals surface area (Å²) in [5, 5.41) is 9.87. The lowest BCUT2D eigenvalue weighted by atomic mass is 10.2. The van der Waals surface area contributed by atoms with Crippen LogP contribution in [0.3, 0.4) is 0 Å². The molecule has 0 aliphatic heterocycles. The zero-order valence-electron chi connectivity index (χ0n) is 9.33. The normalized spacial score (nSPS) is 10.7. The van der Waals surface area contributed by atoms with Crippen LogP contribution in [0.5, 0.6) is 0 Å². The number of hydrogen-bond donors (Lipinski definition) is 1. The molecule has 0 radical (unpaired) electrons. The number of hydrogen-bond acceptors (Lipinski definition) is 3. The average molecular weight is 239 g/mol. The van der Waals surface area contributed by atoms with Crippen LogP contribution in [0.1, 0.15) is 10.5 Å². The van der Waals surface area contributed by atoms with E-state index in [1.807, 2.05) is 30.3 Å². The molecule has 4 heteroatoms. The fourth-order valence-corrected chi connectivity index (χ4v) is 1.80. The van der Waals surface area contributed by atoms with Gasteiger partial charge in [0.2, 0.25) is 0 Å². The summed E-state index contributed by atoms with van der Waals surface area (Å²) in [7, 11) is 0. The predicted octanol–water partition coefficient (Wildman–Crippen LogP) is 3.19. The number of rotatable bonds is 2. The minimum absolute atomic E-state index is 0.00737. The van der Waals surface area contributed by atoms with Crippen molar-refractivity contribution in [3.8, 4) is 11.5 Å². The molecule has 2 heterocycles. The van der Waals surface area contributed by atoms with Crippen LogP contribution < -0.4 is 0 Å². The Hall–Kier alpha value is -2.62. The van der Waals surface area contributed by atoms with Gasteiger partial charge in [-0.05, 0) is 24.3 Å². The number of nitrogens with zero attached hydrogens (tertiary/aromatic N) is 1. The Kier molecular flexibility index (Phi) is 2.34. The van der Waals surface area contributed by atoms with Gasteiger partial charge in [-0.25, -0.2) is 9.78 Å². The number of carboxylic acid groups (broad SMARTS) is 1. The second-order valence-corrected chi connectivity index (χ2v) is 3.86. The number of furan rings is 1. The zero-order chi connectivity index (χ0) is 12.5. The highest BCUT2D eigenvalue weighted by Crippen LogP contribution is 2.26. The average Bonchev–Trinajstić information content (AvgIpc) is 2.82. The zero-order valence-corrected chi connectivity index (χ0v) is 9.33. The van der Waals surface area contributed by atoms with Gasteiger partial charge < -0.3 is 9.52 Å². The van der Waals surface area contributed by atoms with Crippen LogP contribution in [0.15, 0.2) is 52.9 Å². The third-order valence-corrected chi connectivity index (χ3v) is 2.65. The van der Waals surface area contributed by atoms with Gasteiger partial charge in [-0.1, -0.05) is 24.3 Å². The molecule has 0 fully saturated rings. The molecule has 0 bridgehead atoms. The number of benzene rings is 1. The van der Waals surface area contributed by atoms with Gasteiger partial charge in [0.15, 0.2) is 5.76 Å². The van der Waals surface area contributed by atoms with Gasteiger partial charge in [-0.3, -0.25) is 0 Å². The minimum atomic E-state index is -1.05. The van der Waals surface area contributed by atoms with Crippen LogP contribution >= 0.6 is 0 Å². The van der Waals surface area contributed by atoms with Gasteiger partial charge in [0.25, 0.3) is 0 Å². The smallest absolute Gasteiger partial charge is 0.354 e. The summed E-state index contributed by atoms with van der Waals surface area (Å²) in [6.07, 6.45) is 0. The van der Waals surface area contributed by atoms with Crippen molar-refractivity contribution in [3.63, 3.8) is 0 Å². The number of carboxylic acids is 1. The molecule has 2 aromatic heterocycles. The van der Waals surface area contributed by atoms with Crippen molar-refractivity contribution >= 4 is 16.9 Å². The highest BCUT2D eigenvalue weighted by Gasteiger charge is 2.10. The van der Waals surface area contributed by atoms with Crippen molar-refractivity contribution in [2.75, 3.05) is 0 Å². The number of para-hydroxylation sites is 1. The van der Waals surface area contributed by atoms with E-state index in [2.05, 4.69) is 4.98 Å². The summed E-state index contributed by atoms with van der Waals surface area (Å²) < 4.78 is 5.63. The van der Waals surface area contributed by atoms with Gasteiger partial charge in [-0.2, -0.15) is 0 Å². The Bertz CT molecular complexity index is 697. The van der Waals surface area contributed by atoms with E-state index in [-0.39, 0.29) is 5.69 Å². The molecule has 3 rings (SSSR count). The molecule has 0 aliphatic rings. The van der Waals surface area contributed by atoms with E-state index in [4.69, 9.17) is 9.52 Å². The van der Waals surface area contributed by atoms with Gasteiger partial charge in [0.1, 0.15) is 17.0 Å². The van der Waals surface area contributed by atoms with Crippen LogP contribution in [0, 0.1) is 0 Å². The number of aromatic nitrogens is 1. The lowest BCUT2D eigenvalue weighted by Gasteiger charge is -1.97. The van der Waals surface area contributed by atoms with E-state index < -0.39 is 5.97 Å². The number of aromatic carboxylic acids is 1. The van der Waals surface area contributed by atoms with E-state index in [1.54, 1.807) is 12.1 Å². The predicted molar refractivity (Wildman–Crippen MR) is 66.4 cm³/mol. The molecule has 0 unspecified atom stereocenters. The topological polar surface area (TPSA) is 63.3 Å². The van der Waals surface area contributed by atoms with Crippen LogP contribution in [0.25, 0.3) is 22.4 Å². The molecular weight excluding hydrogens is 230 g/mol. The van der Waals surface area contributed by atoms with Crippen molar-refractivity contribution in [3.05, 3.63) is 54.2 Å². The van der Waals surface area contributed by atoms with E-state index in [9.17, 15) is 4.79 Å². The standard InChI is InChI=1S/C14H9NO3/c16-14(17)11-6-3-5-10(15-11)13-8-9-4-1-2-7-12(9)18-13/h1-8H,(H,16,17). The van der Waals surface area contributed by atoms with Crippen molar-refractivity contribution < 1.29 is 14.3 Å². The quantitative estimate of drug-likeness (QED) is 0.745. The van der Waals surface area contributed by atoms with E-state index in [0.29, 0.717) is 11.5 Å². The Morgan fingerprint density at radius 2 is 1.94 bits per heavy atom. The monoisotopic (exact) mass is 239 g/mol. The molecule has 1 aromatic carbocycles. The van der Waals surface area contributed by atoms with Crippen LogP contribution in [-0.4, -0.2) is 16.1 Å². The first kappa shape index (κ1) is 10.5. The first-order valence-corrected chi connectivity index (χ1v) is 5.43. The second-order valence-electron chi connectivity index (χ2n) is 3.86. The van der Waals surface area contributed by atoms with Gasteiger partial charge in [0, 0.05) is 5.39 Å². The fourth-order valence-electron chi connectivity index (χ4n) is 1.80. The summed E-state index contributed by atoms with van der Waals surface area (Å²) in [6, 6.07) is 14.3. The molecule has 0 saturated carbocycles. The number of fused-ring (bicyclic) bond motifs is 1. The largest absolute Gasteiger partial charge is 0.477 e. The molecule has 0 aliphatic carbocycles. The fraction of sp³-hybridized carbons (Fsp3) is 0. The van der Waals surface area contributed by atoms with Gasteiger partial charge in [-0.15, -0.1) is 0 Å². The molecule has 18 heavy (non-hydrogen) atoms. The maximum Gasteiger partial charge on any atom is 0.354 e. The molecule has 88 valence electrons. The highest BCUT2D eigenvalue weighted by molar-refractivity contribution is 5.86. The third kappa shape index (κ3) is 1.73. The highest BCUT2D eigenvalue weighted by atomic mass is 16.4. The third-order valence-electron chi connectivity index (χ3n) is 2.65. The molecule has 0 spiro atoms. The van der Waals surface area contributed by atoms with Crippen molar-refractivity contribution in [1.82, 2.24) is 4.98 Å². The Balaban J connectivity index is 2.13. The minimum Gasteiger partial charge on any atom is -0.477 e. The lowest BCUT2D eigenvalue weighted by molar-refractivity contribution is 0.0690. The molecule has 0 amide bonds. The molecule has 0 atom stereocenters. The summed E-state index contributed by atoms with van der Waals surface area (Å²) in [5.41, 5.74) is 1.29. The van der Waals surface area contributed by atoms with Gasteiger partial charge >= 0.3 is 5.97 Å². The Morgan fingerprint density at radius 3 is 2.72 bits per heavy atom. The maximum absolute atomic E-state index is 10.9. The van der Waals surface area contributed by atoms with Crippen LogP contribution in [-0.2, 0) is 0 Å². The van der Waals surface area contributed by atoms with E-state index >= 15 is 0 Å². The molecule has 3 aromatic rings. The summed E-state index contributed by atoms with van der Waals surface area (Å²) in [4.78, 5) is 14.9. The molecule has 1 N–H and O–H groups in total. The first-order valence-electron chi connectivity index (χ1n) is 5.43. The lowest BCUT2D eigenvalue weighted by Crippen LogP contribution is -2.00.